The SMILES string of the molecule is N=C(N)c1ccc(NS(=O)(=O)C2CC2)cc1C(F)(F)F. The summed E-state index contributed by atoms with van der Waals surface area (Å²) in [6.45, 7) is 0. The van der Waals surface area contributed by atoms with Gasteiger partial charge in [0.15, 0.2) is 0 Å². The Labute approximate surface area is 113 Å². The first kappa shape index (κ1) is 14.6. The number of amidine groups is 1. The Balaban J connectivity index is 2.40. The van der Waals surface area contributed by atoms with Gasteiger partial charge in [0.2, 0.25) is 10.0 Å². The summed E-state index contributed by atoms with van der Waals surface area (Å²) in [6, 6.07) is 2.79. The summed E-state index contributed by atoms with van der Waals surface area (Å²) in [5.74, 6) is -0.728. The van der Waals surface area contributed by atoms with Crippen molar-refractivity contribution in [3.05, 3.63) is 29.3 Å². The highest BCUT2D eigenvalue weighted by molar-refractivity contribution is 7.93. The first-order valence-corrected chi connectivity index (χ1v) is 7.23. The summed E-state index contributed by atoms with van der Waals surface area (Å²) in [7, 11) is -3.64. The van der Waals surface area contributed by atoms with Crippen molar-refractivity contribution in [2.24, 2.45) is 5.73 Å². The lowest BCUT2D eigenvalue weighted by Crippen LogP contribution is -2.21. The fourth-order valence-electron chi connectivity index (χ4n) is 1.70. The molecule has 0 radical (unpaired) electrons. The number of sulfonamides is 1. The molecule has 0 saturated heterocycles. The summed E-state index contributed by atoms with van der Waals surface area (Å²) < 4.78 is 64.1. The van der Waals surface area contributed by atoms with Crippen LogP contribution in [0, 0.1) is 5.41 Å². The number of hydrogen-bond acceptors (Lipinski definition) is 3. The van der Waals surface area contributed by atoms with E-state index in [2.05, 4.69) is 4.72 Å². The fourth-order valence-corrected chi connectivity index (χ4v) is 3.08. The normalized spacial score (nSPS) is 15.9. The molecule has 1 aliphatic carbocycles. The van der Waals surface area contributed by atoms with Crippen molar-refractivity contribution in [3.63, 3.8) is 0 Å². The van der Waals surface area contributed by atoms with Crippen molar-refractivity contribution in [2.75, 3.05) is 4.72 Å². The minimum atomic E-state index is -4.72. The number of nitrogens with one attached hydrogen (secondary N) is 2. The number of benzene rings is 1. The molecular formula is C11H12F3N3O2S. The molecule has 0 spiro atoms. The quantitative estimate of drug-likeness (QED) is 0.585. The number of nitrogen functional groups attached to an aromatic ring is 1. The Hall–Kier alpha value is -1.77. The zero-order valence-corrected chi connectivity index (χ0v) is 11.0. The Morgan fingerprint density at radius 2 is 1.95 bits per heavy atom. The smallest absolute Gasteiger partial charge is 0.384 e. The number of anilines is 1. The third kappa shape index (κ3) is 3.03. The van der Waals surface area contributed by atoms with E-state index in [0.717, 1.165) is 12.1 Å². The first-order chi connectivity index (χ1) is 9.11. The molecule has 110 valence electrons. The second kappa shape index (κ2) is 4.65. The van der Waals surface area contributed by atoms with Gasteiger partial charge in [0.25, 0.3) is 0 Å². The highest BCUT2D eigenvalue weighted by Crippen LogP contribution is 2.35. The zero-order chi connectivity index (χ0) is 15.1. The molecule has 0 amide bonds. The minimum Gasteiger partial charge on any atom is -0.384 e. The fraction of sp³-hybridized carbons (Fsp3) is 0.364. The van der Waals surface area contributed by atoms with E-state index in [1.165, 1.54) is 0 Å². The molecule has 0 atom stereocenters. The van der Waals surface area contributed by atoms with E-state index in [4.69, 9.17) is 11.1 Å². The van der Waals surface area contributed by atoms with Gasteiger partial charge in [-0.3, -0.25) is 10.1 Å². The molecular weight excluding hydrogens is 295 g/mol. The van der Waals surface area contributed by atoms with E-state index in [1.54, 1.807) is 0 Å². The number of alkyl halides is 3. The lowest BCUT2D eigenvalue weighted by molar-refractivity contribution is -0.137. The number of nitrogens with two attached hydrogens (primary N) is 1. The van der Waals surface area contributed by atoms with Crippen LogP contribution in [0.4, 0.5) is 18.9 Å². The molecule has 1 aromatic carbocycles. The van der Waals surface area contributed by atoms with E-state index < -0.39 is 38.4 Å². The van der Waals surface area contributed by atoms with Crippen molar-refractivity contribution < 1.29 is 21.6 Å². The van der Waals surface area contributed by atoms with Crippen LogP contribution in [0.5, 0.6) is 0 Å². The van der Waals surface area contributed by atoms with Gasteiger partial charge in [0.1, 0.15) is 5.84 Å². The van der Waals surface area contributed by atoms with Gasteiger partial charge < -0.3 is 5.73 Å². The lowest BCUT2D eigenvalue weighted by Gasteiger charge is -2.14. The molecule has 0 aliphatic heterocycles. The molecule has 4 N–H and O–H groups in total. The number of hydrogen-bond donors (Lipinski definition) is 3. The summed E-state index contributed by atoms with van der Waals surface area (Å²) in [6.07, 6.45) is -3.71. The average Bonchev–Trinajstić information content (AvgIpc) is 3.10. The Morgan fingerprint density at radius 1 is 1.35 bits per heavy atom. The van der Waals surface area contributed by atoms with Gasteiger partial charge in [-0.25, -0.2) is 8.42 Å². The van der Waals surface area contributed by atoms with Gasteiger partial charge in [-0.05, 0) is 31.0 Å². The summed E-state index contributed by atoms with van der Waals surface area (Å²) in [5, 5.41) is 6.59. The predicted octanol–water partition coefficient (Wildman–Crippen LogP) is 1.89. The van der Waals surface area contributed by atoms with E-state index in [1.807, 2.05) is 0 Å². The standard InChI is InChI=1S/C11H12F3N3O2S/c12-11(13,14)9-5-6(1-4-8(9)10(15)16)17-20(18,19)7-2-3-7/h1,4-5,7,17H,2-3H2,(H3,15,16). The van der Waals surface area contributed by atoms with Crippen LogP contribution in [0.25, 0.3) is 0 Å². The molecule has 5 nitrogen and oxygen atoms in total. The number of halogens is 3. The second-order valence-electron chi connectivity index (χ2n) is 4.52. The molecule has 1 aromatic rings. The number of rotatable bonds is 4. The van der Waals surface area contributed by atoms with Crippen LogP contribution in [0.2, 0.25) is 0 Å². The van der Waals surface area contributed by atoms with Crippen LogP contribution in [0.15, 0.2) is 18.2 Å². The van der Waals surface area contributed by atoms with Crippen LogP contribution in [-0.4, -0.2) is 19.5 Å². The van der Waals surface area contributed by atoms with Crippen molar-refractivity contribution in [1.29, 1.82) is 5.41 Å². The minimum absolute atomic E-state index is 0.186. The van der Waals surface area contributed by atoms with Gasteiger partial charge in [0.05, 0.1) is 10.8 Å². The van der Waals surface area contributed by atoms with E-state index >= 15 is 0 Å². The maximum Gasteiger partial charge on any atom is 0.417 e. The maximum absolute atomic E-state index is 12.9. The monoisotopic (exact) mass is 307 g/mol. The predicted molar refractivity (Wildman–Crippen MR) is 68.0 cm³/mol. The Morgan fingerprint density at radius 3 is 2.40 bits per heavy atom. The lowest BCUT2D eigenvalue weighted by atomic mass is 10.1. The van der Waals surface area contributed by atoms with Crippen molar-refractivity contribution >= 4 is 21.5 Å². The van der Waals surface area contributed by atoms with E-state index in [-0.39, 0.29) is 5.69 Å². The highest BCUT2D eigenvalue weighted by atomic mass is 32.2. The highest BCUT2D eigenvalue weighted by Gasteiger charge is 2.37. The van der Waals surface area contributed by atoms with Crippen LogP contribution in [0.1, 0.15) is 24.0 Å². The van der Waals surface area contributed by atoms with Crippen LogP contribution < -0.4 is 10.5 Å². The first-order valence-electron chi connectivity index (χ1n) is 5.68. The topological polar surface area (TPSA) is 96.0 Å². The van der Waals surface area contributed by atoms with E-state index in [9.17, 15) is 21.6 Å². The molecule has 1 fully saturated rings. The average molecular weight is 307 g/mol. The molecule has 0 heterocycles. The summed E-state index contributed by atoms with van der Waals surface area (Å²) >= 11 is 0. The van der Waals surface area contributed by atoms with Crippen LogP contribution in [0.3, 0.4) is 0 Å². The van der Waals surface area contributed by atoms with Gasteiger partial charge in [-0.15, -0.1) is 0 Å². The summed E-state index contributed by atoms with van der Waals surface area (Å²) in [5.41, 5.74) is 3.29. The van der Waals surface area contributed by atoms with Gasteiger partial charge in [0, 0.05) is 11.3 Å². The zero-order valence-electron chi connectivity index (χ0n) is 10.2. The van der Waals surface area contributed by atoms with Crippen LogP contribution in [-0.2, 0) is 16.2 Å². The van der Waals surface area contributed by atoms with Gasteiger partial charge >= 0.3 is 6.18 Å². The maximum atomic E-state index is 12.9. The van der Waals surface area contributed by atoms with Crippen LogP contribution >= 0.6 is 0 Å². The largest absolute Gasteiger partial charge is 0.417 e. The van der Waals surface area contributed by atoms with Gasteiger partial charge in [-0.1, -0.05) is 0 Å². The third-order valence-corrected chi connectivity index (χ3v) is 4.71. The van der Waals surface area contributed by atoms with Crippen molar-refractivity contribution in [3.8, 4) is 0 Å². The van der Waals surface area contributed by atoms with Crippen molar-refractivity contribution in [1.82, 2.24) is 0 Å². The molecule has 0 bridgehead atoms. The molecule has 1 aliphatic rings. The van der Waals surface area contributed by atoms with Crippen molar-refractivity contribution in [2.45, 2.75) is 24.3 Å². The van der Waals surface area contributed by atoms with Gasteiger partial charge in [-0.2, -0.15) is 13.2 Å². The second-order valence-corrected chi connectivity index (χ2v) is 6.48. The molecule has 2 rings (SSSR count). The molecule has 20 heavy (non-hydrogen) atoms. The molecule has 0 aromatic heterocycles. The molecule has 9 heteroatoms. The Bertz CT molecular complexity index is 651. The summed E-state index contributed by atoms with van der Waals surface area (Å²) in [4.78, 5) is 0. The third-order valence-electron chi connectivity index (χ3n) is 2.84. The Kier molecular flexibility index (Phi) is 3.41. The molecule has 0 unspecified atom stereocenters. The molecule has 1 saturated carbocycles. The van der Waals surface area contributed by atoms with E-state index in [0.29, 0.717) is 18.9 Å².